The number of anilines is 1. The van der Waals surface area contributed by atoms with Gasteiger partial charge in [0.15, 0.2) is 17.2 Å². The number of aromatic amines is 1. The number of hydrogen-bond donors (Lipinski definition) is 2. The van der Waals surface area contributed by atoms with Gasteiger partial charge in [0, 0.05) is 11.8 Å². The molecule has 3 rings (SSSR count). The minimum Gasteiger partial charge on any atom is -0.486 e. The number of nitrogens with one attached hydrogen (secondary N) is 2. The summed E-state index contributed by atoms with van der Waals surface area (Å²) in [5.74, 6) is 0.991. The molecule has 0 saturated heterocycles. The monoisotopic (exact) mass is 260 g/mol. The van der Waals surface area contributed by atoms with Crippen molar-refractivity contribution in [2.45, 2.75) is 6.92 Å². The number of ether oxygens (including phenoxy) is 2. The Morgan fingerprint density at radius 1 is 1.26 bits per heavy atom. The fourth-order valence-corrected chi connectivity index (χ4v) is 1.81. The lowest BCUT2D eigenvalue weighted by molar-refractivity contribution is 0.102. The van der Waals surface area contributed by atoms with Gasteiger partial charge in [0.1, 0.15) is 13.2 Å². The van der Waals surface area contributed by atoms with Crippen LogP contribution in [0.1, 0.15) is 16.2 Å². The van der Waals surface area contributed by atoms with Gasteiger partial charge in [-0.25, -0.2) is 0 Å². The molecule has 0 fully saturated rings. The molecule has 0 unspecified atom stereocenters. The quantitative estimate of drug-likeness (QED) is 0.845. The number of aryl methyl sites for hydroxylation is 1. The molecule has 0 radical (unpaired) electrons. The Morgan fingerprint density at radius 3 is 2.79 bits per heavy atom. The van der Waals surface area contributed by atoms with Gasteiger partial charge in [0.2, 0.25) is 0 Å². The predicted molar refractivity (Wildman–Crippen MR) is 66.5 cm³/mol. The Kier molecular flexibility index (Phi) is 2.79. The van der Waals surface area contributed by atoms with Crippen LogP contribution in [-0.4, -0.2) is 34.5 Å². The van der Waals surface area contributed by atoms with E-state index >= 15 is 0 Å². The number of nitrogens with zero attached hydrogens (tertiary/aromatic N) is 2. The third-order valence-corrected chi connectivity index (χ3v) is 2.74. The normalized spacial score (nSPS) is 13.1. The maximum absolute atomic E-state index is 12.0. The number of hydrogen-bond acceptors (Lipinski definition) is 5. The standard InChI is InChI=1S/C12H12N4O3/c1-7-11(15-16-14-7)12(17)13-8-2-3-9-10(6-8)19-5-4-18-9/h2-3,6H,4-5H2,1H3,(H,13,17)(H,14,15,16). The molecule has 0 bridgehead atoms. The number of carbonyl (C=O) groups excluding carboxylic acids is 1. The van der Waals surface area contributed by atoms with Crippen molar-refractivity contribution in [3.05, 3.63) is 29.6 Å². The first kappa shape index (κ1) is 11.5. The van der Waals surface area contributed by atoms with E-state index < -0.39 is 0 Å². The van der Waals surface area contributed by atoms with Crippen molar-refractivity contribution in [3.63, 3.8) is 0 Å². The van der Waals surface area contributed by atoms with Crippen LogP contribution < -0.4 is 14.8 Å². The van der Waals surface area contributed by atoms with Crippen LogP contribution in [-0.2, 0) is 0 Å². The Morgan fingerprint density at radius 2 is 2.05 bits per heavy atom. The van der Waals surface area contributed by atoms with Gasteiger partial charge in [-0.2, -0.15) is 15.4 Å². The summed E-state index contributed by atoms with van der Waals surface area (Å²) in [5.41, 5.74) is 1.45. The maximum atomic E-state index is 12.0. The molecule has 0 aliphatic carbocycles. The zero-order valence-electron chi connectivity index (χ0n) is 10.3. The predicted octanol–water partition coefficient (Wildman–Crippen LogP) is 1.14. The van der Waals surface area contributed by atoms with E-state index in [1.54, 1.807) is 25.1 Å². The van der Waals surface area contributed by atoms with Gasteiger partial charge >= 0.3 is 0 Å². The lowest BCUT2D eigenvalue weighted by atomic mass is 10.2. The lowest BCUT2D eigenvalue weighted by Gasteiger charge is -2.18. The van der Waals surface area contributed by atoms with Crippen molar-refractivity contribution in [1.82, 2.24) is 15.4 Å². The first-order valence-corrected chi connectivity index (χ1v) is 5.82. The third kappa shape index (κ3) is 2.22. The van der Waals surface area contributed by atoms with Crippen LogP contribution in [0.15, 0.2) is 18.2 Å². The molecule has 1 aliphatic rings. The van der Waals surface area contributed by atoms with Crippen LogP contribution >= 0.6 is 0 Å². The van der Waals surface area contributed by atoms with Crippen molar-refractivity contribution < 1.29 is 14.3 Å². The summed E-state index contributed by atoms with van der Waals surface area (Å²) in [7, 11) is 0. The summed E-state index contributed by atoms with van der Waals surface area (Å²) in [5, 5.41) is 12.8. The zero-order valence-corrected chi connectivity index (χ0v) is 10.3. The molecule has 0 atom stereocenters. The van der Waals surface area contributed by atoms with Gasteiger partial charge in [0.25, 0.3) is 5.91 Å². The van der Waals surface area contributed by atoms with E-state index in [0.717, 1.165) is 0 Å². The Bertz CT molecular complexity index is 623. The van der Waals surface area contributed by atoms with Crippen LogP contribution in [0.2, 0.25) is 0 Å². The van der Waals surface area contributed by atoms with E-state index in [4.69, 9.17) is 9.47 Å². The van der Waals surface area contributed by atoms with Crippen LogP contribution in [0.5, 0.6) is 11.5 Å². The molecular weight excluding hydrogens is 248 g/mol. The van der Waals surface area contributed by atoms with Crippen molar-refractivity contribution in [1.29, 1.82) is 0 Å². The summed E-state index contributed by atoms with van der Waals surface area (Å²) in [6, 6.07) is 5.24. The zero-order chi connectivity index (χ0) is 13.2. The van der Waals surface area contributed by atoms with E-state index in [-0.39, 0.29) is 11.6 Å². The van der Waals surface area contributed by atoms with Crippen molar-refractivity contribution >= 4 is 11.6 Å². The van der Waals surface area contributed by atoms with E-state index in [9.17, 15) is 4.79 Å². The van der Waals surface area contributed by atoms with E-state index in [0.29, 0.717) is 36.1 Å². The number of amides is 1. The highest BCUT2D eigenvalue weighted by molar-refractivity contribution is 6.03. The number of aromatic nitrogens is 3. The molecule has 2 N–H and O–H groups in total. The van der Waals surface area contributed by atoms with Gasteiger partial charge in [-0.1, -0.05) is 0 Å². The Labute approximate surface area is 108 Å². The summed E-state index contributed by atoms with van der Waals surface area (Å²) < 4.78 is 10.9. The van der Waals surface area contributed by atoms with E-state index in [2.05, 4.69) is 20.7 Å². The second-order valence-electron chi connectivity index (χ2n) is 4.07. The summed E-state index contributed by atoms with van der Waals surface area (Å²) >= 11 is 0. The SMILES string of the molecule is Cc1n[nH]nc1C(=O)Nc1ccc2c(c1)OCCO2. The smallest absolute Gasteiger partial charge is 0.278 e. The van der Waals surface area contributed by atoms with Crippen LogP contribution in [0.3, 0.4) is 0 Å². The molecule has 2 heterocycles. The molecule has 0 spiro atoms. The van der Waals surface area contributed by atoms with Crippen LogP contribution in [0.25, 0.3) is 0 Å². The third-order valence-electron chi connectivity index (χ3n) is 2.74. The largest absolute Gasteiger partial charge is 0.486 e. The minimum absolute atomic E-state index is 0.273. The fraction of sp³-hybridized carbons (Fsp3) is 0.250. The van der Waals surface area contributed by atoms with Crippen molar-refractivity contribution in [2.75, 3.05) is 18.5 Å². The van der Waals surface area contributed by atoms with Gasteiger partial charge in [-0.05, 0) is 19.1 Å². The molecule has 1 aromatic heterocycles. The highest BCUT2D eigenvalue weighted by atomic mass is 16.6. The van der Waals surface area contributed by atoms with Crippen molar-refractivity contribution in [2.24, 2.45) is 0 Å². The second kappa shape index (κ2) is 4.60. The molecule has 0 saturated carbocycles. The van der Waals surface area contributed by atoms with E-state index in [1.807, 2.05) is 0 Å². The first-order valence-electron chi connectivity index (χ1n) is 5.82. The lowest BCUT2D eigenvalue weighted by Crippen LogP contribution is -2.17. The van der Waals surface area contributed by atoms with Gasteiger partial charge in [0.05, 0.1) is 5.69 Å². The van der Waals surface area contributed by atoms with Crippen LogP contribution in [0, 0.1) is 6.92 Å². The molecule has 1 aliphatic heterocycles. The van der Waals surface area contributed by atoms with Gasteiger partial charge in [-0.3, -0.25) is 4.79 Å². The summed E-state index contributed by atoms with van der Waals surface area (Å²) in [6.07, 6.45) is 0. The highest BCUT2D eigenvalue weighted by Gasteiger charge is 2.16. The average Bonchev–Trinajstić information content (AvgIpc) is 2.85. The van der Waals surface area contributed by atoms with Crippen LogP contribution in [0.4, 0.5) is 5.69 Å². The number of H-pyrrole nitrogens is 1. The Hall–Kier alpha value is -2.57. The molecule has 2 aromatic rings. The topological polar surface area (TPSA) is 89.1 Å². The van der Waals surface area contributed by atoms with Crippen molar-refractivity contribution in [3.8, 4) is 11.5 Å². The van der Waals surface area contributed by atoms with Gasteiger partial charge in [-0.15, -0.1) is 0 Å². The molecule has 1 aromatic carbocycles. The Balaban J connectivity index is 1.80. The maximum Gasteiger partial charge on any atom is 0.278 e. The molecule has 1 amide bonds. The average molecular weight is 260 g/mol. The highest BCUT2D eigenvalue weighted by Crippen LogP contribution is 2.32. The van der Waals surface area contributed by atoms with Gasteiger partial charge < -0.3 is 14.8 Å². The van der Waals surface area contributed by atoms with E-state index in [1.165, 1.54) is 0 Å². The number of benzene rings is 1. The molecule has 98 valence electrons. The second-order valence-corrected chi connectivity index (χ2v) is 4.07. The molecule has 7 heteroatoms. The first-order chi connectivity index (χ1) is 9.24. The fourth-order valence-electron chi connectivity index (χ4n) is 1.81. The summed E-state index contributed by atoms with van der Waals surface area (Å²) in [6.45, 7) is 2.76. The molecule has 7 nitrogen and oxygen atoms in total. The number of rotatable bonds is 2. The molecule has 19 heavy (non-hydrogen) atoms. The number of carbonyl (C=O) groups is 1. The summed E-state index contributed by atoms with van der Waals surface area (Å²) in [4.78, 5) is 12.0. The molecular formula is C12H12N4O3. The number of fused-ring (bicyclic) bond motifs is 1. The minimum atomic E-state index is -0.317.